The van der Waals surface area contributed by atoms with Crippen LogP contribution in [0.1, 0.15) is 18.3 Å². The molecule has 0 aliphatic rings. The lowest BCUT2D eigenvalue weighted by molar-refractivity contribution is -0.131. The first-order valence-corrected chi connectivity index (χ1v) is 7.53. The molecule has 0 amide bonds. The van der Waals surface area contributed by atoms with E-state index in [9.17, 15) is 9.18 Å². The molecule has 0 fully saturated rings. The Hall–Kier alpha value is -2.60. The van der Waals surface area contributed by atoms with Crippen molar-refractivity contribution in [3.8, 4) is 11.5 Å². The second-order valence-corrected chi connectivity index (χ2v) is 5.60. The summed E-state index contributed by atoms with van der Waals surface area (Å²) < 4.78 is 23.4. The van der Waals surface area contributed by atoms with Crippen LogP contribution in [0, 0.1) is 5.82 Å². The lowest BCUT2D eigenvalue weighted by Gasteiger charge is -2.09. The number of hydrogen-bond acceptors (Lipinski definition) is 4. The van der Waals surface area contributed by atoms with Crippen molar-refractivity contribution in [3.63, 3.8) is 0 Å². The lowest BCUT2D eigenvalue weighted by Crippen LogP contribution is -2.03. The number of rotatable bonds is 4. The Morgan fingerprint density at radius 1 is 1.33 bits per heavy atom. The molecule has 0 aliphatic carbocycles. The van der Waals surface area contributed by atoms with Crippen molar-refractivity contribution < 1.29 is 18.7 Å². The number of H-pyrrole nitrogens is 1. The van der Waals surface area contributed by atoms with E-state index in [0.29, 0.717) is 34.1 Å². The zero-order valence-electron chi connectivity index (χ0n) is 13.0. The number of imidazole rings is 1. The number of benzene rings is 2. The molecule has 7 heteroatoms. The molecular weight excluding hydrogens is 335 g/mol. The highest BCUT2D eigenvalue weighted by atomic mass is 35.5. The van der Waals surface area contributed by atoms with E-state index in [0.717, 1.165) is 5.56 Å². The number of nitrogens with zero attached hydrogens (tertiary/aromatic N) is 1. The zero-order valence-corrected chi connectivity index (χ0v) is 13.8. The van der Waals surface area contributed by atoms with E-state index in [-0.39, 0.29) is 11.6 Å². The number of aromatic amines is 1. The number of fused-ring (bicyclic) bond motifs is 1. The Balaban J connectivity index is 2.04. The fraction of sp³-hybridized carbons (Fsp3) is 0.176. The van der Waals surface area contributed by atoms with Gasteiger partial charge in [-0.05, 0) is 17.7 Å². The molecular formula is C17H14ClFN2O3. The van der Waals surface area contributed by atoms with Crippen LogP contribution in [-0.2, 0) is 11.2 Å². The van der Waals surface area contributed by atoms with E-state index < -0.39 is 5.97 Å². The van der Waals surface area contributed by atoms with Crippen LogP contribution in [0.25, 0.3) is 11.0 Å². The number of hydrogen-bond donors (Lipinski definition) is 1. The molecule has 1 heterocycles. The third kappa shape index (κ3) is 3.19. The van der Waals surface area contributed by atoms with E-state index in [2.05, 4.69) is 9.97 Å². The summed E-state index contributed by atoms with van der Waals surface area (Å²) in [7, 11) is 1.46. The monoisotopic (exact) mass is 348 g/mol. The van der Waals surface area contributed by atoms with Crippen LogP contribution in [0.15, 0.2) is 30.3 Å². The van der Waals surface area contributed by atoms with Crippen LogP contribution in [0.4, 0.5) is 4.39 Å². The molecule has 5 nitrogen and oxygen atoms in total. The first-order chi connectivity index (χ1) is 11.5. The van der Waals surface area contributed by atoms with Crippen LogP contribution >= 0.6 is 11.6 Å². The van der Waals surface area contributed by atoms with Gasteiger partial charge in [-0.3, -0.25) is 4.79 Å². The number of halogens is 2. The maximum Gasteiger partial charge on any atom is 0.308 e. The van der Waals surface area contributed by atoms with Crippen LogP contribution in [-0.4, -0.2) is 23.0 Å². The van der Waals surface area contributed by atoms with Gasteiger partial charge in [-0.25, -0.2) is 9.37 Å². The molecule has 24 heavy (non-hydrogen) atoms. The molecule has 0 bridgehead atoms. The molecule has 0 radical (unpaired) electrons. The summed E-state index contributed by atoms with van der Waals surface area (Å²) in [5.41, 5.74) is 1.95. The summed E-state index contributed by atoms with van der Waals surface area (Å²) in [4.78, 5) is 18.8. The molecule has 1 N–H and O–H groups in total. The van der Waals surface area contributed by atoms with Crippen molar-refractivity contribution in [3.05, 3.63) is 52.6 Å². The van der Waals surface area contributed by atoms with Gasteiger partial charge in [-0.1, -0.05) is 23.7 Å². The quantitative estimate of drug-likeness (QED) is 0.574. The highest BCUT2D eigenvalue weighted by Gasteiger charge is 2.18. The van der Waals surface area contributed by atoms with Crippen LogP contribution < -0.4 is 9.47 Å². The van der Waals surface area contributed by atoms with Gasteiger partial charge < -0.3 is 14.5 Å². The van der Waals surface area contributed by atoms with Crippen molar-refractivity contribution >= 4 is 28.6 Å². The molecule has 0 spiro atoms. The predicted octanol–water partition coefficient (Wildman–Crippen LogP) is 3.88. The van der Waals surface area contributed by atoms with E-state index in [1.807, 2.05) is 0 Å². The molecule has 3 aromatic rings. The standard InChI is InChI=1S/C17H14ClFN2O3/c1-9(22)24-13-8-12(18)15-16(17(13)23-2)21-14(20-15)7-10-3-5-11(19)6-4-10/h3-6,8H,7H2,1-2H3,(H,20,21). The largest absolute Gasteiger partial charge is 0.491 e. The minimum atomic E-state index is -0.481. The highest BCUT2D eigenvalue weighted by molar-refractivity contribution is 6.35. The summed E-state index contributed by atoms with van der Waals surface area (Å²) >= 11 is 6.24. The maximum absolute atomic E-state index is 13.0. The Bertz CT molecular complexity index is 906. The summed E-state index contributed by atoms with van der Waals surface area (Å²) in [6.45, 7) is 1.29. The molecule has 0 unspecified atom stereocenters. The van der Waals surface area contributed by atoms with Gasteiger partial charge in [-0.15, -0.1) is 0 Å². The number of ether oxygens (including phenoxy) is 2. The average molecular weight is 349 g/mol. The third-order valence-electron chi connectivity index (χ3n) is 3.43. The zero-order chi connectivity index (χ0) is 17.3. The summed E-state index contributed by atoms with van der Waals surface area (Å²) in [5, 5.41) is 0.361. The number of esters is 1. The van der Waals surface area contributed by atoms with E-state index in [1.54, 1.807) is 12.1 Å². The van der Waals surface area contributed by atoms with Crippen LogP contribution in [0.3, 0.4) is 0 Å². The summed E-state index contributed by atoms with van der Waals surface area (Å²) in [6, 6.07) is 7.66. The maximum atomic E-state index is 13.0. The predicted molar refractivity (Wildman–Crippen MR) is 88.2 cm³/mol. The van der Waals surface area contributed by atoms with Crippen molar-refractivity contribution in [2.75, 3.05) is 7.11 Å². The smallest absolute Gasteiger partial charge is 0.308 e. The first-order valence-electron chi connectivity index (χ1n) is 7.16. The number of nitrogens with one attached hydrogen (secondary N) is 1. The van der Waals surface area contributed by atoms with Crippen molar-refractivity contribution in [2.45, 2.75) is 13.3 Å². The number of methoxy groups -OCH3 is 1. The number of carbonyl (C=O) groups excluding carboxylic acids is 1. The van der Waals surface area contributed by atoms with Gasteiger partial charge in [-0.2, -0.15) is 0 Å². The molecule has 0 saturated heterocycles. The molecule has 0 atom stereocenters. The number of aromatic nitrogens is 2. The van der Waals surface area contributed by atoms with Crippen molar-refractivity contribution in [1.29, 1.82) is 0 Å². The fourth-order valence-corrected chi connectivity index (χ4v) is 2.67. The second kappa shape index (κ2) is 6.49. The molecule has 1 aromatic heterocycles. The SMILES string of the molecule is COc1c(OC(C)=O)cc(Cl)c2[nH]c(Cc3ccc(F)cc3)nc12. The second-order valence-electron chi connectivity index (χ2n) is 5.19. The van der Waals surface area contributed by atoms with Gasteiger partial charge in [0.2, 0.25) is 0 Å². The molecule has 3 rings (SSSR count). The van der Waals surface area contributed by atoms with Gasteiger partial charge in [0.15, 0.2) is 11.5 Å². The molecule has 0 saturated carbocycles. The first kappa shape index (κ1) is 16.3. The van der Waals surface area contributed by atoms with E-state index in [4.69, 9.17) is 21.1 Å². The average Bonchev–Trinajstić information content (AvgIpc) is 2.93. The van der Waals surface area contributed by atoms with Gasteiger partial charge in [0.1, 0.15) is 17.2 Å². The Morgan fingerprint density at radius 3 is 2.67 bits per heavy atom. The van der Waals surface area contributed by atoms with Gasteiger partial charge in [0.25, 0.3) is 0 Å². The minimum Gasteiger partial charge on any atom is -0.491 e. The topological polar surface area (TPSA) is 64.2 Å². The fourth-order valence-electron chi connectivity index (χ4n) is 2.44. The Morgan fingerprint density at radius 2 is 2.04 bits per heavy atom. The Kier molecular flexibility index (Phi) is 4.40. The highest BCUT2D eigenvalue weighted by Crippen LogP contribution is 2.39. The van der Waals surface area contributed by atoms with Crippen LogP contribution in [0.2, 0.25) is 5.02 Å². The van der Waals surface area contributed by atoms with Gasteiger partial charge in [0.05, 0.1) is 17.6 Å². The summed E-state index contributed by atoms with van der Waals surface area (Å²) in [5.74, 6) is 0.398. The van der Waals surface area contributed by atoms with Crippen LogP contribution in [0.5, 0.6) is 11.5 Å². The number of carbonyl (C=O) groups is 1. The summed E-state index contributed by atoms with van der Waals surface area (Å²) in [6.07, 6.45) is 0.470. The van der Waals surface area contributed by atoms with Crippen molar-refractivity contribution in [2.24, 2.45) is 0 Å². The minimum absolute atomic E-state index is 0.210. The molecule has 0 aliphatic heterocycles. The Labute approximate surface area is 142 Å². The molecule has 124 valence electrons. The normalized spacial score (nSPS) is 10.8. The third-order valence-corrected chi connectivity index (χ3v) is 3.73. The van der Waals surface area contributed by atoms with E-state index >= 15 is 0 Å². The lowest BCUT2D eigenvalue weighted by atomic mass is 10.1. The van der Waals surface area contributed by atoms with Gasteiger partial charge in [0, 0.05) is 19.4 Å². The van der Waals surface area contributed by atoms with Gasteiger partial charge >= 0.3 is 5.97 Å². The molecule has 2 aromatic carbocycles. The van der Waals surface area contributed by atoms with E-state index in [1.165, 1.54) is 32.2 Å². The van der Waals surface area contributed by atoms with Crippen molar-refractivity contribution in [1.82, 2.24) is 9.97 Å².